The molecule has 16 heavy (non-hydrogen) atoms. The molecule has 2 heteroatoms. The zero-order valence-corrected chi connectivity index (χ0v) is 9.64. The predicted molar refractivity (Wildman–Crippen MR) is 65.8 cm³/mol. The Balaban J connectivity index is 2.11. The molecule has 0 N–H and O–H groups in total. The molecule has 2 fully saturated rings. The number of likely N-dealkylation sites (tertiary alicyclic amines) is 1. The topological polar surface area (TPSA) is 20.3 Å². The fourth-order valence-electron chi connectivity index (χ4n) is 3.10. The van der Waals surface area contributed by atoms with Crippen LogP contribution in [0.3, 0.4) is 0 Å². The van der Waals surface area contributed by atoms with Gasteiger partial charge in [-0.1, -0.05) is 18.2 Å². The Hall–Kier alpha value is -1.31. The van der Waals surface area contributed by atoms with Gasteiger partial charge in [-0.05, 0) is 24.7 Å². The minimum atomic E-state index is 0.172. The molecule has 1 saturated carbocycles. The van der Waals surface area contributed by atoms with E-state index in [1.165, 1.54) is 0 Å². The van der Waals surface area contributed by atoms with Crippen molar-refractivity contribution in [3.63, 3.8) is 0 Å². The van der Waals surface area contributed by atoms with Crippen LogP contribution in [0.15, 0.2) is 38.0 Å². The molecule has 1 aliphatic carbocycles. The first-order chi connectivity index (χ1) is 7.74. The number of hydrogen-bond acceptors (Lipinski definition) is 1. The van der Waals surface area contributed by atoms with Gasteiger partial charge < -0.3 is 4.90 Å². The third kappa shape index (κ3) is 1.44. The summed E-state index contributed by atoms with van der Waals surface area (Å²) in [5, 5.41) is 0. The molecule has 0 aromatic rings. The van der Waals surface area contributed by atoms with E-state index in [0.29, 0.717) is 23.8 Å². The van der Waals surface area contributed by atoms with Crippen LogP contribution in [0.5, 0.6) is 0 Å². The van der Waals surface area contributed by atoms with Crippen LogP contribution in [0.1, 0.15) is 12.8 Å². The van der Waals surface area contributed by atoms with Crippen LogP contribution in [0.4, 0.5) is 0 Å². The number of hydrogen-bond donors (Lipinski definition) is 0. The normalized spacial score (nSPS) is 36.5. The van der Waals surface area contributed by atoms with E-state index in [9.17, 15) is 4.79 Å². The van der Waals surface area contributed by atoms with Gasteiger partial charge in [-0.2, -0.15) is 0 Å². The summed E-state index contributed by atoms with van der Waals surface area (Å²) >= 11 is 0. The van der Waals surface area contributed by atoms with Gasteiger partial charge in [0.15, 0.2) is 0 Å². The summed E-state index contributed by atoms with van der Waals surface area (Å²) in [4.78, 5) is 14.0. The molecule has 1 heterocycles. The SMILES string of the molecule is C=CCCN1C(=O)[C@@H]2[C@H]1[C@@H](C=C)C[C@H]2C=C. The van der Waals surface area contributed by atoms with E-state index in [0.717, 1.165) is 19.4 Å². The second-order valence-corrected chi connectivity index (χ2v) is 4.66. The number of allylic oxidation sites excluding steroid dienone is 1. The maximum atomic E-state index is 12.0. The molecule has 0 radical (unpaired) electrons. The van der Waals surface area contributed by atoms with Gasteiger partial charge >= 0.3 is 0 Å². The monoisotopic (exact) mass is 217 g/mol. The average Bonchev–Trinajstić information content (AvgIpc) is 2.64. The largest absolute Gasteiger partial charge is 0.338 e. The van der Waals surface area contributed by atoms with E-state index in [1.54, 1.807) is 0 Å². The number of β-lactam (4-membered cyclic amide) rings is 1. The molecule has 0 unspecified atom stereocenters. The van der Waals surface area contributed by atoms with Gasteiger partial charge in [-0.15, -0.1) is 19.7 Å². The molecule has 0 aromatic carbocycles. The van der Waals surface area contributed by atoms with Crippen LogP contribution in [0.2, 0.25) is 0 Å². The fourth-order valence-corrected chi connectivity index (χ4v) is 3.10. The Morgan fingerprint density at radius 3 is 2.50 bits per heavy atom. The van der Waals surface area contributed by atoms with Crippen LogP contribution < -0.4 is 0 Å². The number of rotatable bonds is 5. The smallest absolute Gasteiger partial charge is 0.228 e. The Bertz CT molecular complexity index is 334. The van der Waals surface area contributed by atoms with Crippen molar-refractivity contribution in [3.8, 4) is 0 Å². The lowest BCUT2D eigenvalue weighted by atomic mass is 9.82. The molecule has 2 rings (SSSR count). The van der Waals surface area contributed by atoms with Gasteiger partial charge in [0.05, 0.1) is 12.0 Å². The molecule has 0 bridgehead atoms. The maximum absolute atomic E-state index is 12.0. The highest BCUT2D eigenvalue weighted by Gasteiger charge is 2.57. The van der Waals surface area contributed by atoms with Crippen molar-refractivity contribution >= 4 is 5.91 Å². The molecule has 1 saturated heterocycles. The molecular weight excluding hydrogens is 198 g/mol. The van der Waals surface area contributed by atoms with Gasteiger partial charge in [0.25, 0.3) is 0 Å². The summed E-state index contributed by atoms with van der Waals surface area (Å²) < 4.78 is 0. The Morgan fingerprint density at radius 1 is 1.25 bits per heavy atom. The lowest BCUT2D eigenvalue weighted by molar-refractivity contribution is -0.156. The van der Waals surface area contributed by atoms with Gasteiger partial charge in [0, 0.05) is 6.54 Å². The predicted octanol–water partition coefficient (Wildman–Crippen LogP) is 2.40. The molecule has 1 amide bonds. The van der Waals surface area contributed by atoms with E-state index in [4.69, 9.17) is 0 Å². The molecule has 86 valence electrons. The summed E-state index contributed by atoms with van der Waals surface area (Å²) in [6.07, 6.45) is 7.69. The molecule has 2 nitrogen and oxygen atoms in total. The van der Waals surface area contributed by atoms with Gasteiger partial charge in [0.1, 0.15) is 0 Å². The van der Waals surface area contributed by atoms with Crippen molar-refractivity contribution in [2.24, 2.45) is 17.8 Å². The Kier molecular flexibility index (Phi) is 2.99. The quantitative estimate of drug-likeness (QED) is 0.511. The highest BCUT2D eigenvalue weighted by Crippen LogP contribution is 2.48. The first-order valence-electron chi connectivity index (χ1n) is 5.91. The molecule has 0 spiro atoms. The van der Waals surface area contributed by atoms with E-state index in [1.807, 2.05) is 23.1 Å². The average molecular weight is 217 g/mol. The second-order valence-electron chi connectivity index (χ2n) is 4.66. The summed E-state index contributed by atoms with van der Waals surface area (Å²) in [5.41, 5.74) is 0. The number of nitrogens with zero attached hydrogens (tertiary/aromatic N) is 1. The first kappa shape index (κ1) is 11.2. The summed E-state index contributed by atoms with van der Waals surface area (Å²) in [6.45, 7) is 12.2. The minimum Gasteiger partial charge on any atom is -0.338 e. The van der Waals surface area contributed by atoms with Crippen LogP contribution >= 0.6 is 0 Å². The highest BCUT2D eigenvalue weighted by atomic mass is 16.2. The second kappa shape index (κ2) is 4.28. The van der Waals surface area contributed by atoms with Crippen molar-refractivity contribution in [1.29, 1.82) is 0 Å². The molecule has 0 aromatic heterocycles. The van der Waals surface area contributed by atoms with E-state index in [2.05, 4.69) is 19.7 Å². The van der Waals surface area contributed by atoms with Crippen LogP contribution in [0, 0.1) is 17.8 Å². The van der Waals surface area contributed by atoms with Crippen LogP contribution in [-0.4, -0.2) is 23.4 Å². The third-order valence-electron chi connectivity index (χ3n) is 3.92. The zero-order chi connectivity index (χ0) is 11.7. The van der Waals surface area contributed by atoms with Gasteiger partial charge in [0.2, 0.25) is 5.91 Å². The van der Waals surface area contributed by atoms with Crippen molar-refractivity contribution in [2.45, 2.75) is 18.9 Å². The number of amides is 1. The molecule has 2 aliphatic rings. The molecule has 1 aliphatic heterocycles. The number of carbonyl (C=O) groups is 1. The van der Waals surface area contributed by atoms with Crippen LogP contribution in [-0.2, 0) is 4.79 Å². The van der Waals surface area contributed by atoms with Crippen molar-refractivity contribution in [3.05, 3.63) is 38.0 Å². The summed E-state index contributed by atoms with van der Waals surface area (Å²) in [5.74, 6) is 1.25. The number of fused-ring (bicyclic) bond motifs is 1. The zero-order valence-electron chi connectivity index (χ0n) is 9.64. The van der Waals surface area contributed by atoms with Crippen LogP contribution in [0.25, 0.3) is 0 Å². The Morgan fingerprint density at radius 2 is 1.94 bits per heavy atom. The van der Waals surface area contributed by atoms with Gasteiger partial charge in [-0.25, -0.2) is 0 Å². The summed E-state index contributed by atoms with van der Waals surface area (Å²) in [7, 11) is 0. The van der Waals surface area contributed by atoms with Gasteiger partial charge in [-0.3, -0.25) is 4.79 Å². The lowest BCUT2D eigenvalue weighted by Crippen LogP contribution is -2.61. The van der Waals surface area contributed by atoms with E-state index >= 15 is 0 Å². The number of carbonyl (C=O) groups excluding carboxylic acids is 1. The Labute approximate surface area is 97.3 Å². The third-order valence-corrected chi connectivity index (χ3v) is 3.92. The lowest BCUT2D eigenvalue weighted by Gasteiger charge is -2.46. The first-order valence-corrected chi connectivity index (χ1v) is 5.91. The van der Waals surface area contributed by atoms with Crippen molar-refractivity contribution in [2.75, 3.05) is 6.54 Å². The molecule has 4 atom stereocenters. The van der Waals surface area contributed by atoms with Crippen molar-refractivity contribution in [1.82, 2.24) is 4.90 Å². The summed E-state index contributed by atoms with van der Waals surface area (Å²) in [6, 6.07) is 0.368. The maximum Gasteiger partial charge on any atom is 0.228 e. The molecular formula is C14H19NO. The minimum absolute atomic E-state index is 0.172. The van der Waals surface area contributed by atoms with Crippen molar-refractivity contribution < 1.29 is 4.79 Å². The standard InChI is InChI=1S/C14H19NO/c1-4-7-8-15-13-11(6-3)9-10(5-2)12(13)14(15)16/h4-6,10-13H,1-3,7-9H2/t10-,11+,12+,13-/m1/s1. The van der Waals surface area contributed by atoms with E-state index < -0.39 is 0 Å². The fraction of sp³-hybridized carbons (Fsp3) is 0.500. The van der Waals surface area contributed by atoms with E-state index in [-0.39, 0.29) is 5.92 Å². The highest BCUT2D eigenvalue weighted by molar-refractivity contribution is 5.87.